The molecule has 2 bridgehead atoms. The highest BCUT2D eigenvalue weighted by atomic mass is 16.7. The van der Waals surface area contributed by atoms with Crippen LogP contribution in [0.25, 0.3) is 0 Å². The van der Waals surface area contributed by atoms with Gasteiger partial charge >= 0.3 is 0 Å². The number of nitrogens with one attached hydrogen (secondary N) is 2. The minimum Gasteiger partial charge on any atom is -0.362 e. The molecule has 1 aliphatic carbocycles. The highest BCUT2D eigenvalue weighted by Gasteiger charge is 2.60. The summed E-state index contributed by atoms with van der Waals surface area (Å²) < 4.78 is 11.1. The quantitative estimate of drug-likeness (QED) is 0.452. The lowest BCUT2D eigenvalue weighted by atomic mass is 9.74. The summed E-state index contributed by atoms with van der Waals surface area (Å²) in [5.41, 5.74) is 0.889. The van der Waals surface area contributed by atoms with E-state index in [1.54, 1.807) is 0 Å². The maximum absolute atomic E-state index is 12.0. The Balaban J connectivity index is 1.96. The number of ketones is 1. The lowest BCUT2D eigenvalue weighted by Gasteiger charge is -2.48. The van der Waals surface area contributed by atoms with Gasteiger partial charge in [0.15, 0.2) is 5.82 Å². The van der Waals surface area contributed by atoms with Crippen LogP contribution in [-0.4, -0.2) is 36.8 Å². The average Bonchev–Trinajstić information content (AvgIpc) is 2.60. The molecule has 1 heterocycles. The zero-order chi connectivity index (χ0) is 18.0. The zero-order valence-electron chi connectivity index (χ0n) is 14.2. The summed E-state index contributed by atoms with van der Waals surface area (Å²) in [6.07, 6.45) is 0.215. The first-order chi connectivity index (χ1) is 12.0. The number of carbonyl (C=O) groups excluding carboxylic acids is 1. The van der Waals surface area contributed by atoms with Gasteiger partial charge in [0.05, 0.1) is 11.0 Å². The van der Waals surface area contributed by atoms with Crippen LogP contribution >= 0.6 is 0 Å². The predicted molar refractivity (Wildman–Crippen MR) is 88.7 cm³/mol. The molecule has 8 nitrogen and oxygen atoms in total. The van der Waals surface area contributed by atoms with E-state index in [1.165, 1.54) is 14.2 Å². The Kier molecular flexibility index (Phi) is 4.73. The van der Waals surface area contributed by atoms with Crippen molar-refractivity contribution in [3.8, 4) is 0 Å². The Bertz CT molecular complexity index is 699. The normalized spacial score (nSPS) is 24.6. The van der Waals surface area contributed by atoms with Crippen molar-refractivity contribution < 1.29 is 19.2 Å². The van der Waals surface area contributed by atoms with Crippen molar-refractivity contribution in [3.63, 3.8) is 0 Å². The maximum Gasteiger partial charge on any atom is 0.294 e. The van der Waals surface area contributed by atoms with Gasteiger partial charge in [0.1, 0.15) is 11.7 Å². The van der Waals surface area contributed by atoms with E-state index in [1.807, 2.05) is 30.3 Å². The molecule has 0 aromatic heterocycles. The van der Waals surface area contributed by atoms with Crippen LogP contribution in [0.3, 0.4) is 0 Å². The number of benzene rings is 1. The SMILES string of the molecule is COC1(OC)[C@@H]2CC(=O)C[C@H]1C([N+](=O)[O-])=C(NCc1ccccc1)N2. The van der Waals surface area contributed by atoms with Gasteiger partial charge in [0.25, 0.3) is 5.70 Å². The molecule has 0 saturated heterocycles. The second-order valence-electron chi connectivity index (χ2n) is 6.18. The third-order valence-corrected chi connectivity index (χ3v) is 4.89. The van der Waals surface area contributed by atoms with Crippen LogP contribution in [0.4, 0.5) is 0 Å². The van der Waals surface area contributed by atoms with Gasteiger partial charge in [-0.3, -0.25) is 14.9 Å². The third-order valence-electron chi connectivity index (χ3n) is 4.89. The van der Waals surface area contributed by atoms with E-state index < -0.39 is 22.7 Å². The minimum atomic E-state index is -1.23. The third kappa shape index (κ3) is 2.98. The first-order valence-electron chi connectivity index (χ1n) is 8.06. The minimum absolute atomic E-state index is 0.0205. The summed E-state index contributed by atoms with van der Waals surface area (Å²) >= 11 is 0. The van der Waals surface area contributed by atoms with Crippen molar-refractivity contribution in [1.82, 2.24) is 10.6 Å². The first-order valence-corrected chi connectivity index (χ1v) is 8.06. The number of ether oxygens (including phenoxy) is 2. The van der Waals surface area contributed by atoms with Gasteiger partial charge in [0.2, 0.25) is 5.79 Å². The Labute approximate surface area is 145 Å². The number of carbonyl (C=O) groups is 1. The summed E-state index contributed by atoms with van der Waals surface area (Å²) in [4.78, 5) is 23.3. The molecule has 0 radical (unpaired) electrons. The number of methoxy groups -OCH3 is 2. The van der Waals surface area contributed by atoms with E-state index in [4.69, 9.17) is 9.47 Å². The van der Waals surface area contributed by atoms with Crippen LogP contribution in [0.15, 0.2) is 41.8 Å². The lowest BCUT2D eigenvalue weighted by molar-refractivity contribution is -0.451. The second kappa shape index (κ2) is 6.81. The van der Waals surface area contributed by atoms with E-state index in [0.29, 0.717) is 12.4 Å². The molecule has 2 N–H and O–H groups in total. The molecule has 3 rings (SSSR count). The maximum atomic E-state index is 12.0. The van der Waals surface area contributed by atoms with Gasteiger partial charge in [-0.25, -0.2) is 0 Å². The molecule has 1 aliphatic heterocycles. The van der Waals surface area contributed by atoms with E-state index in [-0.39, 0.29) is 24.3 Å². The zero-order valence-corrected chi connectivity index (χ0v) is 14.2. The molecule has 0 amide bonds. The number of fused-ring (bicyclic) bond motifs is 2. The first kappa shape index (κ1) is 17.4. The summed E-state index contributed by atoms with van der Waals surface area (Å²) in [5, 5.41) is 17.9. The Morgan fingerprint density at radius 2 is 1.96 bits per heavy atom. The topological polar surface area (TPSA) is 103 Å². The van der Waals surface area contributed by atoms with Crippen LogP contribution in [0, 0.1) is 16.0 Å². The molecule has 0 spiro atoms. The number of Topliss-reactive ketones (excluding diaryl/α,β-unsaturated/α-hetero) is 1. The van der Waals surface area contributed by atoms with E-state index in [0.717, 1.165) is 5.56 Å². The van der Waals surface area contributed by atoms with Gasteiger partial charge < -0.3 is 20.1 Å². The molecule has 1 aromatic rings. The van der Waals surface area contributed by atoms with Gasteiger partial charge in [0, 0.05) is 33.6 Å². The standard InChI is InChI=1S/C17H21N3O5/c1-24-17(25-2)13-8-12(21)9-14(17)19-16(15(13)20(22)23)18-10-11-6-4-3-5-7-11/h3-7,13-14,18-19H,8-10H2,1-2H3/t13-,14-/m0/s1. The van der Waals surface area contributed by atoms with Gasteiger partial charge in [-0.05, 0) is 5.56 Å². The molecule has 134 valence electrons. The van der Waals surface area contributed by atoms with Crippen LogP contribution in [-0.2, 0) is 20.8 Å². The Morgan fingerprint density at radius 3 is 2.56 bits per heavy atom. The summed E-state index contributed by atoms with van der Waals surface area (Å²) in [7, 11) is 2.89. The number of hydrogen-bond donors (Lipinski definition) is 2. The highest BCUT2D eigenvalue weighted by Crippen LogP contribution is 2.44. The van der Waals surface area contributed by atoms with Crippen LogP contribution in [0.1, 0.15) is 18.4 Å². The molecular weight excluding hydrogens is 326 g/mol. The molecule has 2 atom stereocenters. The van der Waals surface area contributed by atoms with Crippen molar-refractivity contribution in [2.75, 3.05) is 14.2 Å². The molecular formula is C17H21N3O5. The van der Waals surface area contributed by atoms with Gasteiger partial charge in [-0.1, -0.05) is 30.3 Å². The Hall–Kier alpha value is -2.45. The smallest absolute Gasteiger partial charge is 0.294 e. The van der Waals surface area contributed by atoms with Crippen LogP contribution in [0.2, 0.25) is 0 Å². The van der Waals surface area contributed by atoms with Crippen molar-refractivity contribution in [2.24, 2.45) is 5.92 Å². The fourth-order valence-electron chi connectivity index (χ4n) is 3.73. The second-order valence-corrected chi connectivity index (χ2v) is 6.18. The molecule has 0 unspecified atom stereocenters. The molecule has 25 heavy (non-hydrogen) atoms. The molecule has 1 aromatic carbocycles. The number of nitro groups is 1. The fourth-order valence-corrected chi connectivity index (χ4v) is 3.73. The lowest BCUT2D eigenvalue weighted by Crippen LogP contribution is -2.66. The molecule has 1 fully saturated rings. The largest absolute Gasteiger partial charge is 0.362 e. The summed E-state index contributed by atoms with van der Waals surface area (Å²) in [5.74, 6) is -1.73. The van der Waals surface area contributed by atoms with Gasteiger partial charge in [-0.2, -0.15) is 0 Å². The summed E-state index contributed by atoms with van der Waals surface area (Å²) in [6, 6.07) is 9.09. The van der Waals surface area contributed by atoms with Crippen LogP contribution in [0.5, 0.6) is 0 Å². The van der Waals surface area contributed by atoms with E-state index >= 15 is 0 Å². The van der Waals surface area contributed by atoms with Crippen molar-refractivity contribution in [3.05, 3.63) is 57.5 Å². The van der Waals surface area contributed by atoms with Crippen molar-refractivity contribution in [1.29, 1.82) is 0 Å². The fraction of sp³-hybridized carbons (Fsp3) is 0.471. The van der Waals surface area contributed by atoms with Crippen molar-refractivity contribution >= 4 is 5.78 Å². The highest BCUT2D eigenvalue weighted by molar-refractivity contribution is 5.81. The molecule has 8 heteroatoms. The number of hydrogen-bond acceptors (Lipinski definition) is 7. The monoisotopic (exact) mass is 347 g/mol. The van der Waals surface area contributed by atoms with Crippen LogP contribution < -0.4 is 10.6 Å². The number of nitrogens with zero attached hydrogens (tertiary/aromatic N) is 1. The molecule has 2 aliphatic rings. The molecule has 1 saturated carbocycles. The van der Waals surface area contributed by atoms with E-state index in [2.05, 4.69) is 10.6 Å². The average molecular weight is 347 g/mol. The predicted octanol–water partition coefficient (Wildman–Crippen LogP) is 1.16. The number of rotatable bonds is 6. The van der Waals surface area contributed by atoms with Crippen molar-refractivity contribution in [2.45, 2.75) is 31.2 Å². The summed E-state index contributed by atoms with van der Waals surface area (Å²) in [6.45, 7) is 0.431. The van der Waals surface area contributed by atoms with E-state index in [9.17, 15) is 14.9 Å². The van der Waals surface area contributed by atoms with Gasteiger partial charge in [-0.15, -0.1) is 0 Å². The Morgan fingerprint density at radius 1 is 1.28 bits per heavy atom.